The summed E-state index contributed by atoms with van der Waals surface area (Å²) < 4.78 is 0. The lowest BCUT2D eigenvalue weighted by atomic mass is 10.0. The Morgan fingerprint density at radius 1 is 1.47 bits per heavy atom. The second-order valence-electron chi connectivity index (χ2n) is 3.91. The normalized spacial score (nSPS) is 19.5. The molecule has 1 amide bonds. The first-order valence-electron chi connectivity index (χ1n) is 5.16. The number of hydrogen-bond donors (Lipinski definition) is 0. The third-order valence-electron chi connectivity index (χ3n) is 2.59. The number of carbonyl (C=O) groups excluding carboxylic acids is 2. The van der Waals surface area contributed by atoms with Crippen LogP contribution >= 0.6 is 11.6 Å². The van der Waals surface area contributed by atoms with E-state index >= 15 is 0 Å². The van der Waals surface area contributed by atoms with Crippen molar-refractivity contribution in [3.05, 3.63) is 29.3 Å². The highest BCUT2D eigenvalue weighted by Crippen LogP contribution is 2.26. The molecule has 0 spiro atoms. The van der Waals surface area contributed by atoms with E-state index < -0.39 is 5.92 Å². The Hall–Kier alpha value is -1.68. The third-order valence-corrected chi connectivity index (χ3v) is 2.83. The lowest BCUT2D eigenvalue weighted by Crippen LogP contribution is -2.31. The van der Waals surface area contributed by atoms with Crippen molar-refractivity contribution in [1.29, 1.82) is 0 Å². The van der Waals surface area contributed by atoms with Crippen molar-refractivity contribution in [2.24, 2.45) is 11.0 Å². The minimum atomic E-state index is -0.756. The Balaban J connectivity index is 2.37. The highest BCUT2D eigenvalue weighted by atomic mass is 35.5. The molecule has 17 heavy (non-hydrogen) atoms. The van der Waals surface area contributed by atoms with Gasteiger partial charge in [-0.05, 0) is 32.0 Å². The Kier molecular flexibility index (Phi) is 2.98. The predicted molar refractivity (Wildman–Crippen MR) is 66.2 cm³/mol. The van der Waals surface area contributed by atoms with Crippen molar-refractivity contribution < 1.29 is 9.59 Å². The van der Waals surface area contributed by atoms with Crippen LogP contribution < -0.4 is 5.01 Å². The van der Waals surface area contributed by atoms with E-state index in [2.05, 4.69) is 5.10 Å². The van der Waals surface area contributed by atoms with Gasteiger partial charge in [-0.3, -0.25) is 9.59 Å². The molecule has 1 aromatic rings. The Labute approximate surface area is 104 Å². The minimum Gasteiger partial charge on any atom is -0.299 e. The summed E-state index contributed by atoms with van der Waals surface area (Å²) in [5.74, 6) is -1.27. The van der Waals surface area contributed by atoms with Crippen LogP contribution in [0.2, 0.25) is 5.02 Å². The van der Waals surface area contributed by atoms with E-state index in [1.54, 1.807) is 31.2 Å². The van der Waals surface area contributed by atoms with E-state index in [0.717, 1.165) is 0 Å². The molecule has 2 rings (SSSR count). The van der Waals surface area contributed by atoms with Crippen molar-refractivity contribution in [2.75, 3.05) is 5.01 Å². The molecule has 0 unspecified atom stereocenters. The number of rotatable bonds is 2. The second-order valence-corrected chi connectivity index (χ2v) is 4.35. The van der Waals surface area contributed by atoms with E-state index in [9.17, 15) is 9.59 Å². The fourth-order valence-corrected chi connectivity index (χ4v) is 2.01. The van der Waals surface area contributed by atoms with Crippen molar-refractivity contribution in [3.63, 3.8) is 0 Å². The van der Waals surface area contributed by atoms with Crippen LogP contribution in [-0.4, -0.2) is 17.4 Å². The smallest absolute Gasteiger partial charge is 0.263 e. The molecule has 1 heterocycles. The van der Waals surface area contributed by atoms with Crippen molar-refractivity contribution in [1.82, 2.24) is 0 Å². The summed E-state index contributed by atoms with van der Waals surface area (Å²) in [4.78, 5) is 23.4. The molecule has 1 atom stereocenters. The summed E-state index contributed by atoms with van der Waals surface area (Å²) in [7, 11) is 0. The van der Waals surface area contributed by atoms with Gasteiger partial charge in [0.15, 0.2) is 0 Å². The van der Waals surface area contributed by atoms with Gasteiger partial charge in [0.1, 0.15) is 11.7 Å². The molecule has 0 radical (unpaired) electrons. The average molecular weight is 251 g/mol. The Morgan fingerprint density at radius 3 is 2.71 bits per heavy atom. The van der Waals surface area contributed by atoms with Gasteiger partial charge in [-0.15, -0.1) is 0 Å². The molecule has 5 heteroatoms. The highest BCUT2D eigenvalue weighted by Gasteiger charge is 2.37. The van der Waals surface area contributed by atoms with Crippen LogP contribution in [0, 0.1) is 5.92 Å². The van der Waals surface area contributed by atoms with E-state index in [0.29, 0.717) is 16.4 Å². The van der Waals surface area contributed by atoms with Crippen LogP contribution in [0.4, 0.5) is 5.69 Å². The number of halogens is 1. The highest BCUT2D eigenvalue weighted by molar-refractivity contribution is 6.31. The summed E-state index contributed by atoms with van der Waals surface area (Å²) in [6.45, 7) is 3.07. The Morgan fingerprint density at radius 2 is 2.18 bits per heavy atom. The first-order valence-corrected chi connectivity index (χ1v) is 5.53. The number of Topliss-reactive ketones (excluding diaryl/α,β-unsaturated/α-hetero) is 1. The minimum absolute atomic E-state index is 0.194. The van der Waals surface area contributed by atoms with Gasteiger partial charge < -0.3 is 0 Å². The first kappa shape index (κ1) is 11.8. The summed E-state index contributed by atoms with van der Waals surface area (Å²) in [6.07, 6.45) is 0. The van der Waals surface area contributed by atoms with Crippen LogP contribution in [0.1, 0.15) is 13.8 Å². The van der Waals surface area contributed by atoms with E-state index in [-0.39, 0.29) is 11.7 Å². The maximum atomic E-state index is 12.0. The third kappa shape index (κ3) is 2.08. The zero-order chi connectivity index (χ0) is 12.6. The summed E-state index contributed by atoms with van der Waals surface area (Å²) in [6, 6.07) is 6.81. The number of benzene rings is 1. The molecule has 0 saturated heterocycles. The largest absolute Gasteiger partial charge is 0.299 e. The van der Waals surface area contributed by atoms with Crippen LogP contribution in [0.5, 0.6) is 0 Å². The number of nitrogens with zero attached hydrogens (tertiary/aromatic N) is 2. The Bertz CT molecular complexity index is 525. The molecule has 1 aromatic carbocycles. The van der Waals surface area contributed by atoms with Gasteiger partial charge in [0.05, 0.1) is 11.4 Å². The van der Waals surface area contributed by atoms with E-state index in [1.807, 2.05) is 0 Å². The zero-order valence-electron chi connectivity index (χ0n) is 9.48. The maximum Gasteiger partial charge on any atom is 0.263 e. The molecular weight excluding hydrogens is 240 g/mol. The molecular formula is C12H11ClN2O2. The molecule has 88 valence electrons. The summed E-state index contributed by atoms with van der Waals surface area (Å²) in [5, 5.41) is 5.86. The van der Waals surface area contributed by atoms with Crippen molar-refractivity contribution in [3.8, 4) is 0 Å². The van der Waals surface area contributed by atoms with Gasteiger partial charge in [-0.2, -0.15) is 10.1 Å². The number of anilines is 1. The predicted octanol–water partition coefficient (Wildman–Crippen LogP) is 2.27. The molecule has 4 nitrogen and oxygen atoms in total. The van der Waals surface area contributed by atoms with Gasteiger partial charge in [-0.25, -0.2) is 0 Å². The summed E-state index contributed by atoms with van der Waals surface area (Å²) in [5.41, 5.74) is 1.09. The second kappa shape index (κ2) is 4.30. The van der Waals surface area contributed by atoms with Crippen LogP contribution in [0.3, 0.4) is 0 Å². The SMILES string of the molecule is CC(=O)[C@@H]1C(=O)N(c2cccc(Cl)c2)N=C1C. The van der Waals surface area contributed by atoms with Gasteiger partial charge in [0.2, 0.25) is 0 Å². The molecule has 0 N–H and O–H groups in total. The van der Waals surface area contributed by atoms with Crippen LogP contribution in [0.25, 0.3) is 0 Å². The zero-order valence-corrected chi connectivity index (χ0v) is 10.2. The molecule has 1 aliphatic heterocycles. The van der Waals surface area contributed by atoms with Gasteiger partial charge >= 0.3 is 0 Å². The fraction of sp³-hybridized carbons (Fsp3) is 0.250. The summed E-state index contributed by atoms with van der Waals surface area (Å²) >= 11 is 5.85. The van der Waals surface area contributed by atoms with Gasteiger partial charge in [0.25, 0.3) is 5.91 Å². The number of carbonyl (C=O) groups is 2. The van der Waals surface area contributed by atoms with Crippen molar-refractivity contribution >= 4 is 34.7 Å². The lowest BCUT2D eigenvalue weighted by molar-refractivity contribution is -0.127. The maximum absolute atomic E-state index is 12.0. The van der Waals surface area contributed by atoms with E-state index in [4.69, 9.17) is 11.6 Å². The molecule has 0 saturated carbocycles. The number of amides is 1. The molecule has 0 fully saturated rings. The number of hydrogen-bond acceptors (Lipinski definition) is 3. The standard InChI is InChI=1S/C12H11ClN2O2/c1-7-11(8(2)16)12(17)15(14-7)10-5-3-4-9(13)6-10/h3-6,11H,1-2H3/t11-/m1/s1. The quantitative estimate of drug-likeness (QED) is 0.756. The molecule has 1 aliphatic rings. The van der Waals surface area contributed by atoms with Crippen molar-refractivity contribution in [2.45, 2.75) is 13.8 Å². The fourth-order valence-electron chi connectivity index (χ4n) is 1.83. The van der Waals surface area contributed by atoms with Crippen LogP contribution in [0.15, 0.2) is 29.4 Å². The number of hydrazone groups is 1. The van der Waals surface area contributed by atoms with Gasteiger partial charge in [-0.1, -0.05) is 17.7 Å². The average Bonchev–Trinajstić information content (AvgIpc) is 2.54. The molecule has 0 aliphatic carbocycles. The topological polar surface area (TPSA) is 49.7 Å². The van der Waals surface area contributed by atoms with Crippen LogP contribution in [-0.2, 0) is 9.59 Å². The molecule has 0 aromatic heterocycles. The van der Waals surface area contributed by atoms with Gasteiger partial charge in [0, 0.05) is 5.02 Å². The lowest BCUT2D eigenvalue weighted by Gasteiger charge is -2.13. The monoisotopic (exact) mass is 250 g/mol. The number of ketones is 1. The first-order chi connectivity index (χ1) is 8.00. The van der Waals surface area contributed by atoms with E-state index in [1.165, 1.54) is 11.9 Å². The molecule has 0 bridgehead atoms.